The van der Waals surface area contributed by atoms with E-state index in [4.69, 9.17) is 10.5 Å². The monoisotopic (exact) mass is 276 g/mol. The molecule has 2 rings (SSSR count). The Morgan fingerprint density at radius 2 is 2.05 bits per heavy atom. The molecule has 0 radical (unpaired) electrons. The molecule has 1 heterocycles. The second kappa shape index (κ2) is 4.90. The highest BCUT2D eigenvalue weighted by Gasteiger charge is 2.34. The number of amides is 1. The molecule has 1 amide bonds. The Morgan fingerprint density at radius 1 is 1.37 bits per heavy atom. The third-order valence-electron chi connectivity index (χ3n) is 2.67. The summed E-state index contributed by atoms with van der Waals surface area (Å²) in [4.78, 5) is 17.4. The number of aromatic nitrogens is 2. The van der Waals surface area contributed by atoms with Crippen LogP contribution in [-0.2, 0) is 10.9 Å². The lowest BCUT2D eigenvalue weighted by molar-refractivity contribution is -0.141. The predicted octanol–water partition coefficient (Wildman–Crippen LogP) is 1.53. The molecule has 0 bridgehead atoms. The van der Waals surface area contributed by atoms with Gasteiger partial charge in [-0.3, -0.25) is 0 Å². The molecule has 0 aliphatic heterocycles. The molecule has 0 unspecified atom stereocenters. The maximum Gasteiger partial charge on any atom is 0.434 e. The minimum Gasteiger partial charge on any atom is -0.446 e. The number of nitrogens with zero attached hydrogens (tertiary/aromatic N) is 2. The number of hydrogen-bond donors (Lipinski definition) is 2. The number of nitrogens with two attached hydrogens (primary N) is 1. The molecule has 0 atom stereocenters. The van der Waals surface area contributed by atoms with Crippen LogP contribution in [0.3, 0.4) is 0 Å². The van der Waals surface area contributed by atoms with E-state index in [1.807, 2.05) is 0 Å². The lowest BCUT2D eigenvalue weighted by Gasteiger charge is -2.34. The van der Waals surface area contributed by atoms with Gasteiger partial charge in [0.05, 0.1) is 12.4 Å². The quantitative estimate of drug-likeness (QED) is 0.873. The number of alkyl halides is 3. The van der Waals surface area contributed by atoms with Gasteiger partial charge in [-0.1, -0.05) is 0 Å². The molecular formula is C10H11F3N4O2. The van der Waals surface area contributed by atoms with Crippen LogP contribution in [0.25, 0.3) is 0 Å². The molecular weight excluding hydrogens is 265 g/mol. The highest BCUT2D eigenvalue weighted by atomic mass is 19.4. The number of rotatable bonds is 3. The van der Waals surface area contributed by atoms with E-state index >= 15 is 0 Å². The Labute approximate surface area is 106 Å². The van der Waals surface area contributed by atoms with Crippen LogP contribution in [0.1, 0.15) is 18.5 Å². The van der Waals surface area contributed by atoms with Gasteiger partial charge in [0.25, 0.3) is 0 Å². The number of anilines is 1. The smallest absolute Gasteiger partial charge is 0.434 e. The second-order valence-corrected chi connectivity index (χ2v) is 4.16. The fourth-order valence-corrected chi connectivity index (χ4v) is 1.70. The summed E-state index contributed by atoms with van der Waals surface area (Å²) >= 11 is 0. The third-order valence-corrected chi connectivity index (χ3v) is 2.67. The highest BCUT2D eigenvalue weighted by molar-refractivity contribution is 5.65. The van der Waals surface area contributed by atoms with E-state index in [1.54, 1.807) is 0 Å². The average molecular weight is 276 g/mol. The van der Waals surface area contributed by atoms with Crippen molar-refractivity contribution in [1.29, 1.82) is 0 Å². The summed E-state index contributed by atoms with van der Waals surface area (Å²) in [5, 5.41) is 2.89. The van der Waals surface area contributed by atoms with Crippen LogP contribution in [0.2, 0.25) is 0 Å². The molecule has 1 aromatic rings. The number of carbonyl (C=O) groups is 1. The average Bonchev–Trinajstić information content (AvgIpc) is 2.25. The lowest BCUT2D eigenvalue weighted by Crippen LogP contribution is -2.42. The molecule has 0 saturated heterocycles. The highest BCUT2D eigenvalue weighted by Crippen LogP contribution is 2.28. The number of primary amides is 1. The van der Waals surface area contributed by atoms with Gasteiger partial charge in [-0.25, -0.2) is 14.8 Å². The van der Waals surface area contributed by atoms with Crippen LogP contribution in [-0.4, -0.2) is 28.2 Å². The number of ether oxygens (including phenoxy) is 1. The third kappa shape index (κ3) is 3.46. The zero-order valence-corrected chi connectivity index (χ0v) is 9.65. The van der Waals surface area contributed by atoms with Crippen molar-refractivity contribution in [2.45, 2.75) is 31.2 Å². The normalized spacial score (nSPS) is 22.5. The van der Waals surface area contributed by atoms with Gasteiger partial charge in [0.15, 0.2) is 5.69 Å². The van der Waals surface area contributed by atoms with Gasteiger partial charge >= 0.3 is 12.3 Å². The SMILES string of the molecule is NC(=O)O[C@H]1C[C@@H](Nc2cnc(C(F)(F)F)cn2)C1. The summed E-state index contributed by atoms with van der Waals surface area (Å²) in [6.45, 7) is 0. The minimum atomic E-state index is -4.50. The first kappa shape index (κ1) is 13.4. The standard InChI is InChI=1S/C10H11F3N4O2/c11-10(12,13)7-3-16-8(4-15-7)17-5-1-6(2-5)19-9(14)18/h3-6H,1-2H2,(H2,14,18)(H,16,17)/t5-,6+. The van der Waals surface area contributed by atoms with Crippen LogP contribution < -0.4 is 11.1 Å². The Morgan fingerprint density at radius 3 is 2.53 bits per heavy atom. The number of nitrogens with one attached hydrogen (secondary N) is 1. The van der Waals surface area contributed by atoms with Gasteiger partial charge in [-0.2, -0.15) is 13.2 Å². The van der Waals surface area contributed by atoms with Crippen molar-refractivity contribution in [2.75, 3.05) is 5.32 Å². The summed E-state index contributed by atoms with van der Waals surface area (Å²) in [6, 6.07) is -0.0182. The molecule has 1 fully saturated rings. The Kier molecular flexibility index (Phi) is 3.45. The van der Waals surface area contributed by atoms with Crippen LogP contribution in [0.5, 0.6) is 0 Å². The van der Waals surface area contributed by atoms with Gasteiger partial charge in [-0.05, 0) is 0 Å². The Balaban J connectivity index is 1.84. The zero-order chi connectivity index (χ0) is 14.0. The minimum absolute atomic E-state index is 0.0182. The number of halogens is 3. The van der Waals surface area contributed by atoms with Gasteiger partial charge in [0.2, 0.25) is 0 Å². The van der Waals surface area contributed by atoms with E-state index in [0.29, 0.717) is 19.0 Å². The fraction of sp³-hybridized carbons (Fsp3) is 0.500. The molecule has 6 nitrogen and oxygen atoms in total. The van der Waals surface area contributed by atoms with Gasteiger partial charge in [0.1, 0.15) is 11.9 Å². The molecule has 1 aliphatic rings. The topological polar surface area (TPSA) is 90.1 Å². The van der Waals surface area contributed by atoms with Gasteiger partial charge in [0, 0.05) is 18.9 Å². The number of carbonyl (C=O) groups excluding carboxylic acids is 1. The predicted molar refractivity (Wildman–Crippen MR) is 58.1 cm³/mol. The van der Waals surface area contributed by atoms with Crippen LogP contribution >= 0.6 is 0 Å². The fourth-order valence-electron chi connectivity index (χ4n) is 1.70. The van der Waals surface area contributed by atoms with Crippen LogP contribution in [0, 0.1) is 0 Å². The summed E-state index contributed by atoms with van der Waals surface area (Å²) in [5.41, 5.74) is 3.81. The molecule has 0 spiro atoms. The summed E-state index contributed by atoms with van der Waals surface area (Å²) in [7, 11) is 0. The molecule has 9 heteroatoms. The molecule has 1 aromatic heterocycles. The van der Waals surface area contributed by atoms with Crippen LogP contribution in [0.4, 0.5) is 23.8 Å². The number of hydrogen-bond acceptors (Lipinski definition) is 5. The Hall–Kier alpha value is -2.06. The van der Waals surface area contributed by atoms with E-state index in [1.165, 1.54) is 0 Å². The summed E-state index contributed by atoms with van der Waals surface area (Å²) in [5.74, 6) is 0.246. The molecule has 3 N–H and O–H groups in total. The first-order valence-corrected chi connectivity index (χ1v) is 5.46. The first-order chi connectivity index (χ1) is 8.84. The second-order valence-electron chi connectivity index (χ2n) is 4.16. The zero-order valence-electron chi connectivity index (χ0n) is 9.65. The molecule has 1 saturated carbocycles. The lowest BCUT2D eigenvalue weighted by atomic mass is 9.89. The van der Waals surface area contributed by atoms with Crippen molar-refractivity contribution in [3.8, 4) is 0 Å². The summed E-state index contributed by atoms with van der Waals surface area (Å²) in [6.07, 6.45) is -2.83. The van der Waals surface area contributed by atoms with Crippen molar-refractivity contribution in [3.05, 3.63) is 18.1 Å². The van der Waals surface area contributed by atoms with Crippen molar-refractivity contribution < 1.29 is 22.7 Å². The van der Waals surface area contributed by atoms with E-state index in [-0.39, 0.29) is 18.0 Å². The molecule has 1 aliphatic carbocycles. The Bertz CT molecular complexity index is 457. The summed E-state index contributed by atoms with van der Waals surface area (Å²) < 4.78 is 41.5. The van der Waals surface area contributed by atoms with Crippen molar-refractivity contribution in [1.82, 2.24) is 9.97 Å². The van der Waals surface area contributed by atoms with E-state index in [0.717, 1.165) is 6.20 Å². The first-order valence-electron chi connectivity index (χ1n) is 5.46. The molecule has 0 aromatic carbocycles. The molecule has 19 heavy (non-hydrogen) atoms. The van der Waals surface area contributed by atoms with Crippen molar-refractivity contribution >= 4 is 11.9 Å². The maximum absolute atomic E-state index is 12.2. The van der Waals surface area contributed by atoms with Crippen molar-refractivity contribution in [3.63, 3.8) is 0 Å². The van der Waals surface area contributed by atoms with E-state index < -0.39 is 18.0 Å². The van der Waals surface area contributed by atoms with Crippen LogP contribution in [0.15, 0.2) is 12.4 Å². The molecule has 104 valence electrons. The van der Waals surface area contributed by atoms with Crippen molar-refractivity contribution in [2.24, 2.45) is 5.73 Å². The van der Waals surface area contributed by atoms with E-state index in [2.05, 4.69) is 15.3 Å². The largest absolute Gasteiger partial charge is 0.446 e. The van der Waals surface area contributed by atoms with Gasteiger partial charge < -0.3 is 15.8 Å². The van der Waals surface area contributed by atoms with Gasteiger partial charge in [-0.15, -0.1) is 0 Å². The van der Waals surface area contributed by atoms with E-state index in [9.17, 15) is 18.0 Å². The maximum atomic E-state index is 12.2.